The molecule has 0 unspecified atom stereocenters. The molecular formula is C10H14O3. The predicted octanol–water partition coefficient (Wildman–Crippen LogP) is 1.99. The average molecular weight is 182 g/mol. The van der Waals surface area contributed by atoms with Gasteiger partial charge in [-0.1, -0.05) is 12.1 Å². The summed E-state index contributed by atoms with van der Waals surface area (Å²) in [5.41, 5.74) is 1.04. The van der Waals surface area contributed by atoms with Gasteiger partial charge in [-0.3, -0.25) is 0 Å². The van der Waals surface area contributed by atoms with Crippen molar-refractivity contribution in [2.24, 2.45) is 0 Å². The van der Waals surface area contributed by atoms with Gasteiger partial charge in [0.1, 0.15) is 0 Å². The summed E-state index contributed by atoms with van der Waals surface area (Å²) in [6.07, 6.45) is 0. The molecule has 72 valence electrons. The molecule has 0 saturated heterocycles. The average Bonchev–Trinajstić information content (AvgIpc) is 2.15. The normalized spacial score (nSPS) is 9.77. The summed E-state index contributed by atoms with van der Waals surface area (Å²) in [5, 5.41) is 0. The molecule has 0 atom stereocenters. The van der Waals surface area contributed by atoms with Crippen LogP contribution >= 0.6 is 0 Å². The van der Waals surface area contributed by atoms with Crippen molar-refractivity contribution >= 4 is 0 Å². The van der Waals surface area contributed by atoms with Gasteiger partial charge in [0.25, 0.3) is 0 Å². The minimum absolute atomic E-state index is 0.237. The van der Waals surface area contributed by atoms with Gasteiger partial charge in [-0.05, 0) is 18.6 Å². The van der Waals surface area contributed by atoms with Gasteiger partial charge in [-0.15, -0.1) is 0 Å². The quantitative estimate of drug-likeness (QED) is 0.666. The molecule has 1 aromatic rings. The van der Waals surface area contributed by atoms with Crippen LogP contribution in [-0.4, -0.2) is 21.0 Å². The van der Waals surface area contributed by atoms with E-state index in [1.165, 1.54) is 0 Å². The summed E-state index contributed by atoms with van der Waals surface area (Å²) in [4.78, 5) is 0. The molecule has 0 heterocycles. The molecule has 0 bridgehead atoms. The van der Waals surface area contributed by atoms with Crippen LogP contribution in [-0.2, 0) is 4.74 Å². The summed E-state index contributed by atoms with van der Waals surface area (Å²) in [6.45, 7) is 2.20. The maximum atomic E-state index is 5.36. The van der Waals surface area contributed by atoms with Crippen LogP contribution < -0.4 is 9.47 Å². The number of para-hydroxylation sites is 1. The lowest BCUT2D eigenvalue weighted by molar-refractivity contribution is 0.0486. The first-order valence-corrected chi connectivity index (χ1v) is 4.05. The Morgan fingerprint density at radius 1 is 1.23 bits per heavy atom. The Labute approximate surface area is 78.2 Å². The maximum Gasteiger partial charge on any atom is 0.188 e. The molecule has 3 heteroatoms. The zero-order valence-corrected chi connectivity index (χ0v) is 8.16. The number of aryl methyl sites for hydroxylation is 1. The van der Waals surface area contributed by atoms with Crippen molar-refractivity contribution < 1.29 is 14.2 Å². The van der Waals surface area contributed by atoms with E-state index in [0.717, 1.165) is 17.1 Å². The van der Waals surface area contributed by atoms with E-state index in [1.807, 2.05) is 25.1 Å². The predicted molar refractivity (Wildman–Crippen MR) is 50.2 cm³/mol. The largest absolute Gasteiger partial charge is 0.493 e. The molecule has 3 nitrogen and oxygen atoms in total. The standard InChI is InChI=1S/C10H14O3/c1-8-5-4-6-9(12-3)10(8)13-7-11-2/h4-6H,7H2,1-3H3. The van der Waals surface area contributed by atoms with Gasteiger partial charge in [0.05, 0.1) is 7.11 Å². The van der Waals surface area contributed by atoms with E-state index in [9.17, 15) is 0 Å². The van der Waals surface area contributed by atoms with Gasteiger partial charge in [0, 0.05) is 7.11 Å². The molecule has 0 aromatic heterocycles. The van der Waals surface area contributed by atoms with Crippen LogP contribution in [0.1, 0.15) is 5.56 Å². The minimum atomic E-state index is 0.237. The number of rotatable bonds is 4. The van der Waals surface area contributed by atoms with E-state index < -0.39 is 0 Å². The fourth-order valence-corrected chi connectivity index (χ4v) is 1.09. The van der Waals surface area contributed by atoms with Crippen LogP contribution in [0, 0.1) is 6.92 Å². The van der Waals surface area contributed by atoms with Crippen molar-refractivity contribution in [2.45, 2.75) is 6.92 Å². The van der Waals surface area contributed by atoms with Gasteiger partial charge in [-0.25, -0.2) is 0 Å². The van der Waals surface area contributed by atoms with Crippen LogP contribution in [0.4, 0.5) is 0 Å². The van der Waals surface area contributed by atoms with E-state index in [-0.39, 0.29) is 6.79 Å². The monoisotopic (exact) mass is 182 g/mol. The third-order valence-electron chi connectivity index (χ3n) is 1.72. The molecular weight excluding hydrogens is 168 g/mol. The second-order valence-electron chi connectivity index (χ2n) is 2.66. The smallest absolute Gasteiger partial charge is 0.188 e. The highest BCUT2D eigenvalue weighted by molar-refractivity contribution is 5.45. The zero-order chi connectivity index (χ0) is 9.68. The Balaban J connectivity index is 2.87. The van der Waals surface area contributed by atoms with Crippen LogP contribution in [0.25, 0.3) is 0 Å². The third-order valence-corrected chi connectivity index (χ3v) is 1.72. The summed E-state index contributed by atoms with van der Waals surface area (Å²) in [7, 11) is 3.21. The van der Waals surface area contributed by atoms with Crippen molar-refractivity contribution in [1.29, 1.82) is 0 Å². The van der Waals surface area contributed by atoms with E-state index in [4.69, 9.17) is 14.2 Å². The van der Waals surface area contributed by atoms with Crippen molar-refractivity contribution in [3.8, 4) is 11.5 Å². The first-order chi connectivity index (χ1) is 6.29. The molecule has 0 aliphatic rings. The molecule has 0 saturated carbocycles. The number of hydrogen-bond donors (Lipinski definition) is 0. The second-order valence-corrected chi connectivity index (χ2v) is 2.66. The Bertz CT molecular complexity index is 271. The van der Waals surface area contributed by atoms with Gasteiger partial charge in [0.15, 0.2) is 18.3 Å². The first-order valence-electron chi connectivity index (χ1n) is 4.05. The Kier molecular flexibility index (Phi) is 3.58. The molecule has 1 aromatic carbocycles. The van der Waals surface area contributed by atoms with Crippen molar-refractivity contribution in [3.05, 3.63) is 23.8 Å². The van der Waals surface area contributed by atoms with E-state index in [1.54, 1.807) is 14.2 Å². The van der Waals surface area contributed by atoms with Gasteiger partial charge >= 0.3 is 0 Å². The highest BCUT2D eigenvalue weighted by Crippen LogP contribution is 2.30. The molecule has 1 rings (SSSR count). The van der Waals surface area contributed by atoms with Crippen LogP contribution in [0.15, 0.2) is 18.2 Å². The lowest BCUT2D eigenvalue weighted by Crippen LogP contribution is -2.02. The molecule has 0 N–H and O–H groups in total. The topological polar surface area (TPSA) is 27.7 Å². The molecule has 13 heavy (non-hydrogen) atoms. The summed E-state index contributed by atoms with van der Waals surface area (Å²) >= 11 is 0. The Morgan fingerprint density at radius 2 is 2.00 bits per heavy atom. The SMILES string of the molecule is COCOc1c(C)cccc1OC. The van der Waals surface area contributed by atoms with Gasteiger partial charge < -0.3 is 14.2 Å². The Hall–Kier alpha value is -1.22. The van der Waals surface area contributed by atoms with Gasteiger partial charge in [-0.2, -0.15) is 0 Å². The number of hydrogen-bond acceptors (Lipinski definition) is 3. The number of ether oxygens (including phenoxy) is 3. The summed E-state index contributed by atoms with van der Waals surface area (Å²) < 4.78 is 15.3. The van der Waals surface area contributed by atoms with Crippen LogP contribution in [0.5, 0.6) is 11.5 Å². The highest BCUT2D eigenvalue weighted by atomic mass is 16.7. The molecule has 0 spiro atoms. The first kappa shape index (κ1) is 9.86. The summed E-state index contributed by atoms with van der Waals surface area (Å²) in [5.74, 6) is 1.48. The van der Waals surface area contributed by atoms with E-state index in [2.05, 4.69) is 0 Å². The number of benzene rings is 1. The molecule has 0 amide bonds. The van der Waals surface area contributed by atoms with Crippen molar-refractivity contribution in [1.82, 2.24) is 0 Å². The lowest BCUT2D eigenvalue weighted by Gasteiger charge is -2.11. The molecule has 0 fully saturated rings. The third kappa shape index (κ3) is 2.36. The summed E-state index contributed by atoms with van der Waals surface area (Å²) in [6, 6.07) is 5.75. The molecule has 0 aliphatic heterocycles. The van der Waals surface area contributed by atoms with Crippen molar-refractivity contribution in [2.75, 3.05) is 21.0 Å². The van der Waals surface area contributed by atoms with Crippen LogP contribution in [0.3, 0.4) is 0 Å². The maximum absolute atomic E-state index is 5.36. The Morgan fingerprint density at radius 3 is 2.62 bits per heavy atom. The van der Waals surface area contributed by atoms with Crippen molar-refractivity contribution in [3.63, 3.8) is 0 Å². The van der Waals surface area contributed by atoms with E-state index in [0.29, 0.717) is 0 Å². The van der Waals surface area contributed by atoms with E-state index >= 15 is 0 Å². The molecule has 0 radical (unpaired) electrons. The lowest BCUT2D eigenvalue weighted by atomic mass is 10.2. The molecule has 0 aliphatic carbocycles. The fraction of sp³-hybridized carbons (Fsp3) is 0.400. The van der Waals surface area contributed by atoms with Crippen LogP contribution in [0.2, 0.25) is 0 Å². The second kappa shape index (κ2) is 4.72. The fourth-order valence-electron chi connectivity index (χ4n) is 1.09. The highest BCUT2D eigenvalue weighted by Gasteiger charge is 2.05. The zero-order valence-electron chi connectivity index (χ0n) is 8.16. The van der Waals surface area contributed by atoms with Gasteiger partial charge in [0.2, 0.25) is 0 Å². The number of methoxy groups -OCH3 is 2. The minimum Gasteiger partial charge on any atom is -0.493 e.